The maximum absolute atomic E-state index is 13.4. The maximum Gasteiger partial charge on any atom is 0.261 e. The number of nitrogens with zero attached hydrogens (tertiary/aromatic N) is 2. The molecule has 0 atom stereocenters. The largest absolute Gasteiger partial charge is 0.493 e. The van der Waals surface area contributed by atoms with Gasteiger partial charge in [-0.25, -0.2) is 12.8 Å². The Morgan fingerprint density at radius 2 is 1.82 bits per heavy atom. The second kappa shape index (κ2) is 7.64. The molecule has 2 aromatic carbocycles. The Bertz CT molecular complexity index is 1130. The highest BCUT2D eigenvalue weighted by Gasteiger charge is 2.23. The predicted molar refractivity (Wildman–Crippen MR) is 99.8 cm³/mol. The molecule has 8 nitrogen and oxygen atoms in total. The smallest absolute Gasteiger partial charge is 0.261 e. The summed E-state index contributed by atoms with van der Waals surface area (Å²) in [5, 5.41) is 3.40. The molecule has 0 radical (unpaired) electrons. The van der Waals surface area contributed by atoms with Crippen LogP contribution in [0.2, 0.25) is 5.02 Å². The minimum absolute atomic E-state index is 0.0771. The third-order valence-corrected chi connectivity index (χ3v) is 5.38. The van der Waals surface area contributed by atoms with Gasteiger partial charge in [0, 0.05) is 6.07 Å². The summed E-state index contributed by atoms with van der Waals surface area (Å²) in [7, 11) is -1.26. The molecule has 0 aliphatic heterocycles. The lowest BCUT2D eigenvalue weighted by atomic mass is 10.1. The van der Waals surface area contributed by atoms with Crippen molar-refractivity contribution >= 4 is 27.3 Å². The van der Waals surface area contributed by atoms with Crippen LogP contribution in [-0.2, 0) is 10.0 Å². The van der Waals surface area contributed by atoms with E-state index in [1.54, 1.807) is 6.92 Å². The van der Waals surface area contributed by atoms with Crippen molar-refractivity contribution < 1.29 is 26.8 Å². The topological polar surface area (TPSA) is 104 Å². The van der Waals surface area contributed by atoms with Crippen molar-refractivity contribution in [2.75, 3.05) is 18.9 Å². The summed E-state index contributed by atoms with van der Waals surface area (Å²) < 4.78 is 57.0. The van der Waals surface area contributed by atoms with Crippen molar-refractivity contribution in [3.63, 3.8) is 0 Å². The number of methoxy groups -OCH3 is 2. The normalized spacial score (nSPS) is 11.3. The maximum atomic E-state index is 13.4. The van der Waals surface area contributed by atoms with Crippen molar-refractivity contribution in [2.24, 2.45) is 0 Å². The Morgan fingerprint density at radius 1 is 1.14 bits per heavy atom. The van der Waals surface area contributed by atoms with Gasteiger partial charge in [0.05, 0.1) is 35.4 Å². The predicted octanol–water partition coefficient (Wildman–Crippen LogP) is 3.66. The molecule has 0 aliphatic rings. The molecule has 0 fully saturated rings. The highest BCUT2D eigenvalue weighted by atomic mass is 35.5. The number of sulfonamides is 1. The number of rotatable bonds is 6. The van der Waals surface area contributed by atoms with Crippen molar-refractivity contribution in [1.29, 1.82) is 0 Å². The molecule has 1 N–H and O–H groups in total. The lowest BCUT2D eigenvalue weighted by Crippen LogP contribution is -2.14. The molecule has 28 heavy (non-hydrogen) atoms. The zero-order chi connectivity index (χ0) is 20.5. The lowest BCUT2D eigenvalue weighted by Gasteiger charge is -2.15. The van der Waals surface area contributed by atoms with Crippen LogP contribution in [0.1, 0.15) is 5.82 Å². The number of hydrogen-bond acceptors (Lipinski definition) is 7. The monoisotopic (exact) mass is 427 g/mol. The van der Waals surface area contributed by atoms with E-state index in [1.807, 2.05) is 0 Å². The molecule has 0 unspecified atom stereocenters. The number of aryl methyl sites for hydroxylation is 1. The number of benzene rings is 2. The molecule has 3 rings (SSSR count). The van der Waals surface area contributed by atoms with Crippen LogP contribution in [0, 0.1) is 12.7 Å². The highest BCUT2D eigenvalue weighted by molar-refractivity contribution is 7.92. The average molecular weight is 428 g/mol. The SMILES string of the molecule is COc1cc(NS(=O)(=O)c2ccc(F)c(Cl)c2)c(-c2nc(C)no2)cc1OC. The van der Waals surface area contributed by atoms with Crippen molar-refractivity contribution in [3.8, 4) is 23.0 Å². The van der Waals surface area contributed by atoms with Crippen LogP contribution in [0.4, 0.5) is 10.1 Å². The van der Waals surface area contributed by atoms with Gasteiger partial charge in [0.1, 0.15) is 5.82 Å². The summed E-state index contributed by atoms with van der Waals surface area (Å²) in [4.78, 5) is 3.90. The van der Waals surface area contributed by atoms with Gasteiger partial charge >= 0.3 is 0 Å². The van der Waals surface area contributed by atoms with E-state index in [2.05, 4.69) is 14.9 Å². The molecule has 0 spiro atoms. The first-order valence-electron chi connectivity index (χ1n) is 7.79. The third-order valence-electron chi connectivity index (χ3n) is 3.73. The van der Waals surface area contributed by atoms with Gasteiger partial charge in [-0.05, 0) is 31.2 Å². The summed E-state index contributed by atoms with van der Waals surface area (Å²) in [5.41, 5.74) is 0.372. The Morgan fingerprint density at radius 3 is 2.39 bits per heavy atom. The first-order valence-corrected chi connectivity index (χ1v) is 9.66. The molecule has 11 heteroatoms. The first-order chi connectivity index (χ1) is 13.2. The second-order valence-corrected chi connectivity index (χ2v) is 7.67. The molecular formula is C17H15ClFN3O5S. The van der Waals surface area contributed by atoms with Crippen LogP contribution in [0.25, 0.3) is 11.5 Å². The van der Waals surface area contributed by atoms with E-state index in [-0.39, 0.29) is 32.8 Å². The number of hydrogen-bond donors (Lipinski definition) is 1. The van der Waals surface area contributed by atoms with E-state index in [9.17, 15) is 12.8 Å². The number of nitrogens with one attached hydrogen (secondary N) is 1. The zero-order valence-corrected chi connectivity index (χ0v) is 16.6. The lowest BCUT2D eigenvalue weighted by molar-refractivity contribution is 0.355. The third kappa shape index (κ3) is 3.87. The summed E-state index contributed by atoms with van der Waals surface area (Å²) in [6, 6.07) is 5.99. The standard InChI is InChI=1S/C17H15ClFN3O5S/c1-9-20-17(27-21-9)11-7-15(25-2)16(26-3)8-14(11)22-28(23,24)10-4-5-13(19)12(18)6-10/h4-8,22H,1-3H3. The fraction of sp³-hybridized carbons (Fsp3) is 0.176. The van der Waals surface area contributed by atoms with Crippen molar-refractivity contribution in [2.45, 2.75) is 11.8 Å². The van der Waals surface area contributed by atoms with Gasteiger partial charge < -0.3 is 14.0 Å². The number of ether oxygens (including phenoxy) is 2. The molecule has 0 aliphatic carbocycles. The van der Waals surface area contributed by atoms with Crippen LogP contribution in [0.5, 0.6) is 11.5 Å². The van der Waals surface area contributed by atoms with Gasteiger partial charge in [0.15, 0.2) is 17.3 Å². The van der Waals surface area contributed by atoms with Crippen LogP contribution in [0.15, 0.2) is 39.8 Å². The van der Waals surface area contributed by atoms with E-state index >= 15 is 0 Å². The van der Waals surface area contributed by atoms with Crippen LogP contribution in [-0.4, -0.2) is 32.8 Å². The van der Waals surface area contributed by atoms with E-state index in [0.717, 1.165) is 18.2 Å². The minimum Gasteiger partial charge on any atom is -0.493 e. The van der Waals surface area contributed by atoms with Gasteiger partial charge in [-0.3, -0.25) is 4.72 Å². The van der Waals surface area contributed by atoms with Crippen molar-refractivity contribution in [1.82, 2.24) is 10.1 Å². The van der Waals surface area contributed by atoms with Crippen LogP contribution in [0.3, 0.4) is 0 Å². The molecule has 1 heterocycles. The van der Waals surface area contributed by atoms with Gasteiger partial charge in [0.2, 0.25) is 0 Å². The van der Waals surface area contributed by atoms with Gasteiger partial charge in [-0.1, -0.05) is 16.8 Å². The number of halogens is 2. The van der Waals surface area contributed by atoms with E-state index in [1.165, 1.54) is 26.4 Å². The summed E-state index contributed by atoms with van der Waals surface area (Å²) in [5.74, 6) is 0.324. The van der Waals surface area contributed by atoms with Gasteiger partial charge in [-0.15, -0.1) is 0 Å². The quantitative estimate of drug-likeness (QED) is 0.640. The van der Waals surface area contributed by atoms with E-state index < -0.39 is 15.8 Å². The summed E-state index contributed by atoms with van der Waals surface area (Å²) >= 11 is 5.70. The summed E-state index contributed by atoms with van der Waals surface area (Å²) in [6.07, 6.45) is 0. The molecule has 0 saturated heterocycles. The van der Waals surface area contributed by atoms with Crippen molar-refractivity contribution in [3.05, 3.63) is 47.0 Å². The van der Waals surface area contributed by atoms with E-state index in [4.69, 9.17) is 25.6 Å². The van der Waals surface area contributed by atoms with Gasteiger partial charge in [0.25, 0.3) is 15.9 Å². The Balaban J connectivity index is 2.12. The van der Waals surface area contributed by atoms with Gasteiger partial charge in [-0.2, -0.15) is 4.98 Å². The molecule has 0 amide bonds. The second-order valence-electron chi connectivity index (χ2n) is 5.58. The molecule has 148 valence electrons. The fourth-order valence-electron chi connectivity index (χ4n) is 2.39. The minimum atomic E-state index is -4.11. The Hall–Kier alpha value is -2.85. The molecule has 0 saturated carbocycles. The van der Waals surface area contributed by atoms with E-state index in [0.29, 0.717) is 11.6 Å². The zero-order valence-electron chi connectivity index (χ0n) is 15.0. The highest BCUT2D eigenvalue weighted by Crippen LogP contribution is 2.39. The van der Waals surface area contributed by atoms with Crippen LogP contribution < -0.4 is 14.2 Å². The molecular weight excluding hydrogens is 413 g/mol. The Labute approximate surface area is 165 Å². The molecule has 1 aromatic heterocycles. The summed E-state index contributed by atoms with van der Waals surface area (Å²) in [6.45, 7) is 1.62. The molecule has 0 bridgehead atoms. The Kier molecular flexibility index (Phi) is 5.43. The van der Waals surface area contributed by atoms with Crippen LogP contribution >= 0.6 is 11.6 Å². The molecule has 3 aromatic rings. The number of anilines is 1. The average Bonchev–Trinajstić information content (AvgIpc) is 3.09. The first kappa shape index (κ1) is 19.9. The number of aromatic nitrogens is 2. The fourth-order valence-corrected chi connectivity index (χ4v) is 3.74.